The lowest BCUT2D eigenvalue weighted by molar-refractivity contribution is 0.416. The van der Waals surface area contributed by atoms with Gasteiger partial charge in [-0.25, -0.2) is 9.67 Å². The smallest absolute Gasteiger partial charge is 0.262 e. The molecular weight excluding hydrogens is 268 g/mol. The van der Waals surface area contributed by atoms with Crippen LogP contribution >= 0.6 is 0 Å². The van der Waals surface area contributed by atoms with Gasteiger partial charge in [0.05, 0.1) is 18.4 Å². The summed E-state index contributed by atoms with van der Waals surface area (Å²) in [6.07, 6.45) is 0. The van der Waals surface area contributed by atoms with Crippen LogP contribution in [0.15, 0.2) is 23.0 Å². The zero-order valence-electron chi connectivity index (χ0n) is 12.4. The number of benzene rings is 1. The first-order valence-corrected chi connectivity index (χ1v) is 6.60. The van der Waals surface area contributed by atoms with Gasteiger partial charge in [-0.15, -0.1) is 0 Å². The highest BCUT2D eigenvalue weighted by Crippen LogP contribution is 2.28. The molecule has 0 saturated carbocycles. The number of rotatable bonds is 2. The first-order chi connectivity index (χ1) is 10.0. The lowest BCUT2D eigenvalue weighted by Crippen LogP contribution is -2.10. The average molecular weight is 284 g/mol. The van der Waals surface area contributed by atoms with Crippen molar-refractivity contribution in [3.8, 4) is 17.1 Å². The van der Waals surface area contributed by atoms with Crippen LogP contribution in [0.5, 0.6) is 5.75 Å². The van der Waals surface area contributed by atoms with Crippen LogP contribution in [0.3, 0.4) is 0 Å². The molecule has 0 aliphatic rings. The molecule has 0 aliphatic heterocycles. The van der Waals surface area contributed by atoms with Crippen LogP contribution in [0, 0.1) is 13.8 Å². The van der Waals surface area contributed by atoms with Crippen LogP contribution in [-0.2, 0) is 7.05 Å². The third-order valence-corrected chi connectivity index (χ3v) is 3.48. The second-order valence-electron chi connectivity index (χ2n) is 5.03. The quantitative estimate of drug-likeness (QED) is 0.780. The summed E-state index contributed by atoms with van der Waals surface area (Å²) in [5.41, 5.74) is 2.87. The van der Waals surface area contributed by atoms with E-state index in [1.165, 1.54) is 0 Å². The van der Waals surface area contributed by atoms with Crippen LogP contribution in [0.2, 0.25) is 0 Å². The number of hydrogen-bond donors (Lipinski definition) is 1. The van der Waals surface area contributed by atoms with Gasteiger partial charge < -0.3 is 9.72 Å². The lowest BCUT2D eigenvalue weighted by atomic mass is 10.1. The van der Waals surface area contributed by atoms with E-state index in [1.54, 1.807) is 25.8 Å². The van der Waals surface area contributed by atoms with Gasteiger partial charge in [0.15, 0.2) is 5.65 Å². The molecule has 2 aromatic heterocycles. The van der Waals surface area contributed by atoms with Crippen molar-refractivity contribution >= 4 is 11.0 Å². The highest BCUT2D eigenvalue weighted by atomic mass is 16.5. The van der Waals surface area contributed by atoms with E-state index in [-0.39, 0.29) is 5.56 Å². The minimum atomic E-state index is -0.191. The second kappa shape index (κ2) is 4.73. The minimum absolute atomic E-state index is 0.191. The molecule has 3 rings (SSSR count). The van der Waals surface area contributed by atoms with Gasteiger partial charge in [-0.3, -0.25) is 4.79 Å². The number of ether oxygens (including phenoxy) is 1. The summed E-state index contributed by atoms with van der Waals surface area (Å²) in [6, 6.07) is 5.75. The van der Waals surface area contributed by atoms with Gasteiger partial charge >= 0.3 is 0 Å². The van der Waals surface area contributed by atoms with Crippen LogP contribution in [-0.4, -0.2) is 26.9 Å². The van der Waals surface area contributed by atoms with E-state index in [4.69, 9.17) is 4.74 Å². The Morgan fingerprint density at radius 1 is 1.29 bits per heavy atom. The highest BCUT2D eigenvalue weighted by Gasteiger charge is 2.15. The van der Waals surface area contributed by atoms with Gasteiger partial charge in [0, 0.05) is 7.05 Å². The molecule has 21 heavy (non-hydrogen) atoms. The number of nitrogens with one attached hydrogen (secondary N) is 1. The summed E-state index contributed by atoms with van der Waals surface area (Å²) in [4.78, 5) is 19.7. The number of aryl methyl sites for hydroxylation is 3. The zero-order chi connectivity index (χ0) is 15.1. The van der Waals surface area contributed by atoms with E-state index < -0.39 is 0 Å². The molecule has 0 saturated heterocycles. The van der Waals surface area contributed by atoms with Gasteiger partial charge in [0.1, 0.15) is 17.0 Å². The summed E-state index contributed by atoms with van der Waals surface area (Å²) < 4.78 is 6.97. The molecule has 2 heterocycles. The second-order valence-corrected chi connectivity index (χ2v) is 5.03. The molecule has 1 N–H and O–H groups in total. The molecule has 0 fully saturated rings. The standard InChI is InChI=1S/C15H16N4O2/c1-8-5-6-11(21-4)10(7-8)13-16-14-12(15(20)17-13)9(2)18-19(14)3/h5-7H,1-4H3,(H,16,17,20). The fourth-order valence-electron chi connectivity index (χ4n) is 2.48. The first kappa shape index (κ1) is 13.4. The zero-order valence-corrected chi connectivity index (χ0v) is 12.4. The molecule has 0 aliphatic carbocycles. The third kappa shape index (κ3) is 2.08. The molecule has 1 aromatic carbocycles. The fourth-order valence-corrected chi connectivity index (χ4v) is 2.48. The normalized spacial score (nSPS) is 11.0. The van der Waals surface area contributed by atoms with Crippen LogP contribution in [0.1, 0.15) is 11.3 Å². The van der Waals surface area contributed by atoms with Gasteiger partial charge in [-0.05, 0) is 26.0 Å². The molecule has 0 atom stereocenters. The van der Waals surface area contributed by atoms with E-state index in [1.807, 2.05) is 25.1 Å². The topological polar surface area (TPSA) is 72.8 Å². The maximum absolute atomic E-state index is 12.3. The maximum Gasteiger partial charge on any atom is 0.262 e. The number of fused-ring (bicyclic) bond motifs is 1. The van der Waals surface area contributed by atoms with Crippen molar-refractivity contribution in [1.82, 2.24) is 19.7 Å². The number of nitrogens with zero attached hydrogens (tertiary/aromatic N) is 3. The van der Waals surface area contributed by atoms with Crippen molar-refractivity contribution in [2.45, 2.75) is 13.8 Å². The predicted molar refractivity (Wildman–Crippen MR) is 80.6 cm³/mol. The molecule has 3 aromatic rings. The number of methoxy groups -OCH3 is 1. The molecular formula is C15H16N4O2. The Morgan fingerprint density at radius 3 is 2.76 bits per heavy atom. The third-order valence-electron chi connectivity index (χ3n) is 3.48. The summed E-state index contributed by atoms with van der Waals surface area (Å²) in [7, 11) is 3.37. The molecule has 0 unspecified atom stereocenters. The summed E-state index contributed by atoms with van der Waals surface area (Å²) in [6.45, 7) is 3.78. The maximum atomic E-state index is 12.3. The largest absolute Gasteiger partial charge is 0.496 e. The monoisotopic (exact) mass is 284 g/mol. The molecule has 108 valence electrons. The van der Waals surface area contributed by atoms with Gasteiger partial charge in [-0.1, -0.05) is 11.6 Å². The van der Waals surface area contributed by atoms with Crippen LogP contribution < -0.4 is 10.3 Å². The Balaban J connectivity index is 2.34. The Kier molecular flexibility index (Phi) is 3.01. The predicted octanol–water partition coefficient (Wildman–Crippen LogP) is 1.95. The van der Waals surface area contributed by atoms with E-state index in [2.05, 4.69) is 15.1 Å². The number of hydrogen-bond acceptors (Lipinski definition) is 4. The van der Waals surface area contributed by atoms with E-state index in [0.717, 1.165) is 11.1 Å². The Bertz CT molecular complexity index is 893. The minimum Gasteiger partial charge on any atom is -0.496 e. The van der Waals surface area contributed by atoms with Gasteiger partial charge in [0.2, 0.25) is 0 Å². The van der Waals surface area contributed by atoms with Crippen molar-refractivity contribution in [2.24, 2.45) is 7.05 Å². The molecule has 6 nitrogen and oxygen atoms in total. The summed E-state index contributed by atoms with van der Waals surface area (Å²) >= 11 is 0. The number of aromatic nitrogens is 4. The van der Waals surface area contributed by atoms with Crippen molar-refractivity contribution < 1.29 is 4.74 Å². The molecule has 6 heteroatoms. The number of aromatic amines is 1. The van der Waals surface area contributed by atoms with Gasteiger partial charge in [-0.2, -0.15) is 5.10 Å². The van der Waals surface area contributed by atoms with E-state index in [0.29, 0.717) is 28.3 Å². The molecule has 0 amide bonds. The Labute approximate surface area is 121 Å². The summed E-state index contributed by atoms with van der Waals surface area (Å²) in [5.74, 6) is 1.15. The molecule has 0 spiro atoms. The van der Waals surface area contributed by atoms with E-state index >= 15 is 0 Å². The molecule has 0 bridgehead atoms. The average Bonchev–Trinajstić information content (AvgIpc) is 2.74. The summed E-state index contributed by atoms with van der Waals surface area (Å²) in [5, 5.41) is 4.77. The van der Waals surface area contributed by atoms with Crippen molar-refractivity contribution in [1.29, 1.82) is 0 Å². The van der Waals surface area contributed by atoms with Crippen molar-refractivity contribution in [3.63, 3.8) is 0 Å². The SMILES string of the molecule is COc1ccc(C)cc1-c1nc2c(c(C)nn2C)c(=O)[nH]1. The fraction of sp³-hybridized carbons (Fsp3) is 0.267. The van der Waals surface area contributed by atoms with E-state index in [9.17, 15) is 4.79 Å². The lowest BCUT2D eigenvalue weighted by Gasteiger charge is -2.09. The van der Waals surface area contributed by atoms with Crippen molar-refractivity contribution in [3.05, 3.63) is 39.8 Å². The number of H-pyrrole nitrogens is 1. The van der Waals surface area contributed by atoms with Crippen molar-refractivity contribution in [2.75, 3.05) is 7.11 Å². The Morgan fingerprint density at radius 2 is 2.05 bits per heavy atom. The van der Waals surface area contributed by atoms with Crippen LogP contribution in [0.4, 0.5) is 0 Å². The first-order valence-electron chi connectivity index (χ1n) is 6.60. The Hall–Kier alpha value is -2.63. The van der Waals surface area contributed by atoms with Crippen LogP contribution in [0.25, 0.3) is 22.4 Å². The highest BCUT2D eigenvalue weighted by molar-refractivity contribution is 5.79. The van der Waals surface area contributed by atoms with Gasteiger partial charge in [0.25, 0.3) is 5.56 Å². The molecule has 0 radical (unpaired) electrons.